The van der Waals surface area contributed by atoms with Gasteiger partial charge in [-0.1, -0.05) is 0 Å². The summed E-state index contributed by atoms with van der Waals surface area (Å²) in [4.78, 5) is 25.8. The van der Waals surface area contributed by atoms with E-state index in [-0.39, 0.29) is 24.2 Å². The van der Waals surface area contributed by atoms with Gasteiger partial charge >= 0.3 is 0 Å². The first-order valence-corrected chi connectivity index (χ1v) is 8.41. The number of nitrogens with zero attached hydrogens (tertiary/aromatic N) is 1. The van der Waals surface area contributed by atoms with Crippen LogP contribution in [0.3, 0.4) is 0 Å². The van der Waals surface area contributed by atoms with Crippen LogP contribution >= 0.6 is 12.4 Å². The van der Waals surface area contributed by atoms with E-state index in [2.05, 4.69) is 10.6 Å². The second-order valence-electron chi connectivity index (χ2n) is 6.39. The van der Waals surface area contributed by atoms with Crippen LogP contribution in [-0.4, -0.2) is 51.0 Å². The monoisotopic (exact) mass is 369 g/mol. The standard InChI is InChI=1S/C18H27N3O3.ClH/c1-21(2)18(23)14-5-6-16(24-3)15(12-14)20-17(22)7-4-13-8-10-19-11-9-13;/h5-6,12-13,19H,4,7-11H2,1-3H3,(H,20,22);1H. The molecule has 0 bridgehead atoms. The summed E-state index contributed by atoms with van der Waals surface area (Å²) in [5.41, 5.74) is 1.06. The average molecular weight is 370 g/mol. The van der Waals surface area contributed by atoms with Gasteiger partial charge in [-0.05, 0) is 56.5 Å². The summed E-state index contributed by atoms with van der Waals surface area (Å²) < 4.78 is 5.29. The Bertz CT molecular complexity index is 587. The van der Waals surface area contributed by atoms with E-state index in [1.165, 1.54) is 4.90 Å². The van der Waals surface area contributed by atoms with Crippen LogP contribution in [-0.2, 0) is 4.79 Å². The van der Waals surface area contributed by atoms with E-state index in [1.807, 2.05) is 0 Å². The van der Waals surface area contributed by atoms with E-state index >= 15 is 0 Å². The molecule has 7 heteroatoms. The lowest BCUT2D eigenvalue weighted by molar-refractivity contribution is -0.116. The maximum absolute atomic E-state index is 12.3. The number of rotatable bonds is 6. The van der Waals surface area contributed by atoms with Gasteiger partial charge in [0, 0.05) is 26.1 Å². The molecule has 1 saturated heterocycles. The SMILES string of the molecule is COc1ccc(C(=O)N(C)C)cc1NC(=O)CCC1CCNCC1.Cl. The molecule has 0 aromatic heterocycles. The number of ether oxygens (including phenoxy) is 1. The van der Waals surface area contributed by atoms with Crippen molar-refractivity contribution in [3.63, 3.8) is 0 Å². The summed E-state index contributed by atoms with van der Waals surface area (Å²) in [7, 11) is 4.95. The van der Waals surface area contributed by atoms with Gasteiger partial charge in [-0.2, -0.15) is 0 Å². The molecule has 1 heterocycles. The number of carbonyl (C=O) groups excluding carboxylic acids is 2. The number of methoxy groups -OCH3 is 1. The number of anilines is 1. The third-order valence-electron chi connectivity index (χ3n) is 4.37. The fourth-order valence-corrected chi connectivity index (χ4v) is 2.92. The van der Waals surface area contributed by atoms with Crippen molar-refractivity contribution in [3.05, 3.63) is 23.8 Å². The second-order valence-corrected chi connectivity index (χ2v) is 6.39. The molecule has 2 amide bonds. The molecule has 1 aromatic rings. The summed E-state index contributed by atoms with van der Waals surface area (Å²) in [6, 6.07) is 5.08. The quantitative estimate of drug-likeness (QED) is 0.808. The molecule has 25 heavy (non-hydrogen) atoms. The highest BCUT2D eigenvalue weighted by Gasteiger charge is 2.16. The van der Waals surface area contributed by atoms with Crippen LogP contribution in [0.1, 0.15) is 36.0 Å². The lowest BCUT2D eigenvalue weighted by atomic mass is 9.93. The van der Waals surface area contributed by atoms with Crippen LogP contribution in [0.15, 0.2) is 18.2 Å². The fraction of sp³-hybridized carbons (Fsp3) is 0.556. The maximum Gasteiger partial charge on any atom is 0.253 e. The first kappa shape index (κ1) is 21.3. The van der Waals surface area contributed by atoms with Crippen LogP contribution in [0.5, 0.6) is 5.75 Å². The first-order chi connectivity index (χ1) is 11.5. The Labute approximate surface area is 155 Å². The minimum Gasteiger partial charge on any atom is -0.495 e. The molecule has 2 N–H and O–H groups in total. The van der Waals surface area contributed by atoms with Crippen molar-refractivity contribution in [1.82, 2.24) is 10.2 Å². The Morgan fingerprint density at radius 3 is 2.56 bits per heavy atom. The van der Waals surface area contributed by atoms with Gasteiger partial charge < -0.3 is 20.3 Å². The van der Waals surface area contributed by atoms with Crippen LogP contribution in [0, 0.1) is 5.92 Å². The largest absolute Gasteiger partial charge is 0.495 e. The van der Waals surface area contributed by atoms with Gasteiger partial charge in [-0.3, -0.25) is 9.59 Å². The molecule has 0 aliphatic carbocycles. The summed E-state index contributed by atoms with van der Waals surface area (Å²) in [5, 5.41) is 6.22. The van der Waals surface area contributed by atoms with Crippen molar-refractivity contribution in [2.45, 2.75) is 25.7 Å². The molecule has 0 unspecified atom stereocenters. The van der Waals surface area contributed by atoms with E-state index < -0.39 is 0 Å². The highest BCUT2D eigenvalue weighted by molar-refractivity contribution is 5.98. The maximum atomic E-state index is 12.3. The highest BCUT2D eigenvalue weighted by atomic mass is 35.5. The lowest BCUT2D eigenvalue weighted by Crippen LogP contribution is -2.28. The number of amides is 2. The Morgan fingerprint density at radius 2 is 1.96 bits per heavy atom. The van der Waals surface area contributed by atoms with Crippen molar-refractivity contribution in [2.75, 3.05) is 39.6 Å². The van der Waals surface area contributed by atoms with Crippen LogP contribution in [0.4, 0.5) is 5.69 Å². The van der Waals surface area contributed by atoms with Crippen molar-refractivity contribution < 1.29 is 14.3 Å². The van der Waals surface area contributed by atoms with E-state index in [4.69, 9.17) is 4.74 Å². The number of hydrogen-bond donors (Lipinski definition) is 2. The first-order valence-electron chi connectivity index (χ1n) is 8.41. The average Bonchev–Trinajstić information content (AvgIpc) is 2.60. The molecule has 0 spiro atoms. The molecule has 140 valence electrons. The van der Waals surface area contributed by atoms with Gasteiger partial charge in [0.1, 0.15) is 5.75 Å². The summed E-state index contributed by atoms with van der Waals surface area (Å²) in [5.74, 6) is 1.02. The Balaban J connectivity index is 0.00000312. The summed E-state index contributed by atoms with van der Waals surface area (Å²) in [6.45, 7) is 2.07. The zero-order chi connectivity index (χ0) is 17.5. The van der Waals surface area contributed by atoms with Crippen molar-refractivity contribution >= 4 is 29.9 Å². The second kappa shape index (κ2) is 10.3. The van der Waals surface area contributed by atoms with E-state index in [0.29, 0.717) is 29.3 Å². The van der Waals surface area contributed by atoms with Crippen LogP contribution in [0.2, 0.25) is 0 Å². The van der Waals surface area contributed by atoms with Gasteiger partial charge in [0.2, 0.25) is 5.91 Å². The smallest absolute Gasteiger partial charge is 0.253 e. The number of carbonyl (C=O) groups is 2. The summed E-state index contributed by atoms with van der Waals surface area (Å²) >= 11 is 0. The normalized spacial score (nSPS) is 14.4. The molecule has 2 rings (SSSR count). The van der Waals surface area contributed by atoms with Crippen LogP contribution in [0.25, 0.3) is 0 Å². The van der Waals surface area contributed by atoms with Crippen molar-refractivity contribution in [1.29, 1.82) is 0 Å². The van der Waals surface area contributed by atoms with E-state index in [9.17, 15) is 9.59 Å². The predicted molar refractivity (Wildman–Crippen MR) is 102 cm³/mol. The zero-order valence-electron chi connectivity index (χ0n) is 15.1. The molecule has 1 aliphatic heterocycles. The zero-order valence-corrected chi connectivity index (χ0v) is 15.9. The van der Waals surface area contributed by atoms with Gasteiger partial charge in [-0.25, -0.2) is 0 Å². The molecule has 1 aliphatic rings. The number of benzene rings is 1. The Morgan fingerprint density at radius 1 is 1.28 bits per heavy atom. The predicted octanol–water partition coefficient (Wildman–Crippen LogP) is 2.54. The minimum absolute atomic E-state index is 0. The molecule has 0 saturated carbocycles. The number of hydrogen-bond acceptors (Lipinski definition) is 4. The molecule has 0 radical (unpaired) electrons. The van der Waals surface area contributed by atoms with Gasteiger partial charge in [0.15, 0.2) is 0 Å². The minimum atomic E-state index is -0.108. The van der Waals surface area contributed by atoms with Gasteiger partial charge in [0.25, 0.3) is 5.91 Å². The fourth-order valence-electron chi connectivity index (χ4n) is 2.92. The molecular formula is C18H28ClN3O3. The van der Waals surface area contributed by atoms with Gasteiger partial charge in [-0.15, -0.1) is 12.4 Å². The molecule has 1 aromatic carbocycles. The highest BCUT2D eigenvalue weighted by Crippen LogP contribution is 2.27. The summed E-state index contributed by atoms with van der Waals surface area (Å²) in [6.07, 6.45) is 3.64. The van der Waals surface area contributed by atoms with Crippen LogP contribution < -0.4 is 15.4 Å². The van der Waals surface area contributed by atoms with E-state index in [0.717, 1.165) is 32.4 Å². The van der Waals surface area contributed by atoms with Gasteiger partial charge in [0.05, 0.1) is 12.8 Å². The lowest BCUT2D eigenvalue weighted by Gasteiger charge is -2.22. The number of piperidine rings is 1. The third kappa shape index (κ3) is 6.21. The van der Waals surface area contributed by atoms with E-state index in [1.54, 1.807) is 39.4 Å². The molecule has 6 nitrogen and oxygen atoms in total. The molecule has 1 fully saturated rings. The third-order valence-corrected chi connectivity index (χ3v) is 4.37. The molecule has 0 atom stereocenters. The topological polar surface area (TPSA) is 70.7 Å². The molecular weight excluding hydrogens is 342 g/mol. The Kier molecular flexibility index (Phi) is 8.72. The Hall–Kier alpha value is -1.79. The van der Waals surface area contributed by atoms with Crippen molar-refractivity contribution in [3.8, 4) is 5.75 Å². The number of nitrogens with one attached hydrogen (secondary N) is 2. The van der Waals surface area contributed by atoms with Crippen molar-refractivity contribution in [2.24, 2.45) is 5.92 Å². The number of halogens is 1.